The molecule has 0 unspecified atom stereocenters. The van der Waals surface area contributed by atoms with Crippen LogP contribution in [0.3, 0.4) is 0 Å². The first-order valence-corrected chi connectivity index (χ1v) is 2.61. The quantitative estimate of drug-likeness (QED) is 0.501. The lowest BCUT2D eigenvalue weighted by Crippen LogP contribution is -2.24. The second kappa shape index (κ2) is 3.84. The van der Waals surface area contributed by atoms with E-state index in [1.165, 1.54) is 6.92 Å². The van der Waals surface area contributed by atoms with Crippen molar-refractivity contribution in [3.05, 3.63) is 0 Å². The highest BCUT2D eigenvalue weighted by molar-refractivity contribution is 5.77. The Kier molecular flexibility index (Phi) is 3.42. The Labute approximate surface area is 57.2 Å². The van der Waals surface area contributed by atoms with E-state index < -0.39 is 24.6 Å². The number of esters is 1. The summed E-state index contributed by atoms with van der Waals surface area (Å²) in [6.45, 7) is 0.410. The van der Waals surface area contributed by atoms with Crippen LogP contribution in [-0.4, -0.2) is 34.9 Å². The van der Waals surface area contributed by atoms with Gasteiger partial charge in [0.2, 0.25) is 0 Å². The van der Waals surface area contributed by atoms with Crippen molar-refractivity contribution in [3.63, 3.8) is 0 Å². The zero-order valence-electron chi connectivity index (χ0n) is 5.40. The maximum absolute atomic E-state index is 10.2. The summed E-state index contributed by atoms with van der Waals surface area (Å²) >= 11 is 0. The summed E-state index contributed by atoms with van der Waals surface area (Å²) in [6.07, 6.45) is -1.19. The average molecular weight is 148 g/mol. The maximum Gasteiger partial charge on any atom is 0.344 e. The number of aliphatic hydroxyl groups is 1. The summed E-state index contributed by atoms with van der Waals surface area (Å²) in [5, 5.41) is 16.3. The summed E-state index contributed by atoms with van der Waals surface area (Å²) in [7, 11) is 0. The Morgan fingerprint density at radius 3 is 2.40 bits per heavy atom. The Bertz CT molecular complexity index is 141. The standard InChI is InChI=1S/C5H8O5/c1-3(5(8)9)10-4(7)2-6/h3,6H,2H2,1H3,(H,8,9)/t3-/m0/s1. The van der Waals surface area contributed by atoms with Crippen molar-refractivity contribution in [3.8, 4) is 0 Å². The van der Waals surface area contributed by atoms with Crippen molar-refractivity contribution < 1.29 is 24.5 Å². The van der Waals surface area contributed by atoms with Gasteiger partial charge in [0.1, 0.15) is 6.61 Å². The third-order valence-electron chi connectivity index (χ3n) is 0.785. The smallest absolute Gasteiger partial charge is 0.344 e. The Balaban J connectivity index is 3.68. The minimum atomic E-state index is -1.23. The van der Waals surface area contributed by atoms with E-state index in [0.29, 0.717) is 0 Å². The first-order valence-electron chi connectivity index (χ1n) is 2.61. The van der Waals surface area contributed by atoms with Crippen LogP contribution in [0.2, 0.25) is 0 Å². The van der Waals surface area contributed by atoms with Crippen molar-refractivity contribution in [1.29, 1.82) is 0 Å². The number of aliphatic carboxylic acids is 1. The van der Waals surface area contributed by atoms with Gasteiger partial charge in [0.15, 0.2) is 6.10 Å². The van der Waals surface area contributed by atoms with Gasteiger partial charge < -0.3 is 14.9 Å². The van der Waals surface area contributed by atoms with Gasteiger partial charge >= 0.3 is 11.9 Å². The zero-order chi connectivity index (χ0) is 8.15. The van der Waals surface area contributed by atoms with Gasteiger partial charge in [-0.2, -0.15) is 0 Å². The van der Waals surface area contributed by atoms with Crippen molar-refractivity contribution in [2.75, 3.05) is 6.61 Å². The Morgan fingerprint density at radius 2 is 2.10 bits per heavy atom. The molecule has 0 radical (unpaired) electrons. The largest absolute Gasteiger partial charge is 0.479 e. The number of carbonyl (C=O) groups excluding carboxylic acids is 1. The van der Waals surface area contributed by atoms with Crippen LogP contribution in [0.1, 0.15) is 6.92 Å². The molecule has 5 heteroatoms. The number of rotatable bonds is 3. The fraction of sp³-hybridized carbons (Fsp3) is 0.600. The number of carbonyl (C=O) groups is 2. The van der Waals surface area contributed by atoms with Gasteiger partial charge in [-0.25, -0.2) is 9.59 Å². The molecule has 1 atom stereocenters. The molecular formula is C5H8O5. The van der Waals surface area contributed by atoms with Crippen LogP contribution in [-0.2, 0) is 14.3 Å². The molecule has 2 N–H and O–H groups in total. The van der Waals surface area contributed by atoms with Crippen molar-refractivity contribution in [2.45, 2.75) is 13.0 Å². The lowest BCUT2D eigenvalue weighted by atomic mass is 10.4. The molecule has 58 valence electrons. The minimum Gasteiger partial charge on any atom is -0.479 e. The van der Waals surface area contributed by atoms with Gasteiger partial charge in [0.05, 0.1) is 0 Å². The van der Waals surface area contributed by atoms with Gasteiger partial charge in [0.25, 0.3) is 0 Å². The molecule has 0 heterocycles. The topological polar surface area (TPSA) is 83.8 Å². The lowest BCUT2D eigenvalue weighted by Gasteiger charge is -2.05. The van der Waals surface area contributed by atoms with E-state index in [9.17, 15) is 9.59 Å². The molecule has 0 spiro atoms. The van der Waals surface area contributed by atoms with E-state index in [4.69, 9.17) is 10.2 Å². The summed E-state index contributed by atoms with van der Waals surface area (Å²) in [4.78, 5) is 20.2. The number of hydrogen-bond acceptors (Lipinski definition) is 4. The summed E-state index contributed by atoms with van der Waals surface area (Å²) in [6, 6.07) is 0. The lowest BCUT2D eigenvalue weighted by molar-refractivity contribution is -0.164. The van der Waals surface area contributed by atoms with Crippen LogP contribution in [0, 0.1) is 0 Å². The predicted octanol–water partition coefficient (Wildman–Crippen LogP) is -1.01. The van der Waals surface area contributed by atoms with Crippen LogP contribution >= 0.6 is 0 Å². The van der Waals surface area contributed by atoms with E-state index in [2.05, 4.69) is 4.74 Å². The molecular weight excluding hydrogens is 140 g/mol. The minimum absolute atomic E-state index is 0.794. The van der Waals surface area contributed by atoms with Gasteiger partial charge in [-0.3, -0.25) is 0 Å². The van der Waals surface area contributed by atoms with E-state index in [-0.39, 0.29) is 0 Å². The maximum atomic E-state index is 10.2. The number of carboxylic acids is 1. The Morgan fingerprint density at radius 1 is 1.60 bits per heavy atom. The van der Waals surface area contributed by atoms with E-state index in [0.717, 1.165) is 0 Å². The first kappa shape index (κ1) is 8.90. The van der Waals surface area contributed by atoms with Gasteiger partial charge in [-0.1, -0.05) is 0 Å². The highest BCUT2D eigenvalue weighted by Crippen LogP contribution is 1.89. The van der Waals surface area contributed by atoms with Crippen LogP contribution in [0.15, 0.2) is 0 Å². The molecule has 10 heavy (non-hydrogen) atoms. The molecule has 0 aromatic rings. The molecule has 0 aliphatic carbocycles. The highest BCUT2D eigenvalue weighted by Gasteiger charge is 2.14. The predicted molar refractivity (Wildman–Crippen MR) is 30.3 cm³/mol. The van der Waals surface area contributed by atoms with Crippen LogP contribution < -0.4 is 0 Å². The summed E-state index contributed by atoms with van der Waals surface area (Å²) in [5.74, 6) is -2.17. The molecule has 0 aromatic heterocycles. The molecule has 0 aromatic carbocycles. The number of aliphatic hydroxyl groups excluding tert-OH is 1. The van der Waals surface area contributed by atoms with Gasteiger partial charge in [-0.05, 0) is 6.92 Å². The number of ether oxygens (including phenoxy) is 1. The average Bonchev–Trinajstić information content (AvgIpc) is 1.87. The fourth-order valence-electron chi connectivity index (χ4n) is 0.285. The molecule has 0 saturated carbocycles. The van der Waals surface area contributed by atoms with Crippen LogP contribution in [0.25, 0.3) is 0 Å². The van der Waals surface area contributed by atoms with E-state index >= 15 is 0 Å². The molecule has 0 amide bonds. The molecule has 5 nitrogen and oxygen atoms in total. The van der Waals surface area contributed by atoms with Gasteiger partial charge in [-0.15, -0.1) is 0 Å². The second-order valence-corrected chi connectivity index (χ2v) is 1.63. The molecule has 0 fully saturated rings. The van der Waals surface area contributed by atoms with E-state index in [1.54, 1.807) is 0 Å². The third kappa shape index (κ3) is 3.03. The fourth-order valence-corrected chi connectivity index (χ4v) is 0.285. The molecule has 0 aliphatic rings. The van der Waals surface area contributed by atoms with Crippen molar-refractivity contribution >= 4 is 11.9 Å². The number of hydrogen-bond donors (Lipinski definition) is 2. The normalized spacial score (nSPS) is 12.2. The van der Waals surface area contributed by atoms with Crippen molar-refractivity contribution in [1.82, 2.24) is 0 Å². The first-order chi connectivity index (χ1) is 4.57. The highest BCUT2D eigenvalue weighted by atomic mass is 16.6. The van der Waals surface area contributed by atoms with E-state index in [1.807, 2.05) is 0 Å². The van der Waals surface area contributed by atoms with Gasteiger partial charge in [0, 0.05) is 0 Å². The molecule has 0 aliphatic heterocycles. The third-order valence-corrected chi connectivity index (χ3v) is 0.785. The van der Waals surface area contributed by atoms with Crippen LogP contribution in [0.5, 0.6) is 0 Å². The SMILES string of the molecule is C[C@H](OC(=O)CO)C(=O)O. The summed E-state index contributed by atoms with van der Waals surface area (Å²) in [5.41, 5.74) is 0. The van der Waals surface area contributed by atoms with Crippen LogP contribution in [0.4, 0.5) is 0 Å². The van der Waals surface area contributed by atoms with Crippen molar-refractivity contribution in [2.24, 2.45) is 0 Å². The number of carboxylic acid groups (broad SMARTS) is 1. The summed E-state index contributed by atoms with van der Waals surface area (Å²) < 4.78 is 4.17. The molecule has 0 rings (SSSR count). The molecule has 0 saturated heterocycles. The molecule has 0 bridgehead atoms. The second-order valence-electron chi connectivity index (χ2n) is 1.63. The monoisotopic (exact) mass is 148 g/mol. The Hall–Kier alpha value is -1.10. The zero-order valence-corrected chi connectivity index (χ0v) is 5.40.